The number of alkyl halides is 3. The molecule has 1 aromatic heterocycles. The number of aliphatic imine (C=N–C) groups is 1. The Bertz CT molecular complexity index is 2220. The van der Waals surface area contributed by atoms with Gasteiger partial charge < -0.3 is 29.6 Å². The van der Waals surface area contributed by atoms with Crippen molar-refractivity contribution in [2.75, 3.05) is 46.9 Å². The van der Waals surface area contributed by atoms with Gasteiger partial charge >= 0.3 is 18.2 Å². The maximum atomic E-state index is 13.9. The normalized spacial score (nSPS) is 19.1. The summed E-state index contributed by atoms with van der Waals surface area (Å²) >= 11 is 0. The van der Waals surface area contributed by atoms with Crippen LogP contribution < -0.4 is 5.32 Å². The van der Waals surface area contributed by atoms with Crippen LogP contribution >= 0.6 is 0 Å². The molecule has 4 heterocycles. The largest absolute Gasteiger partial charge is 0.469 e. The summed E-state index contributed by atoms with van der Waals surface area (Å²) in [6.45, 7) is 7.02. The molecular weight excluding hydrogens is 804 g/mol. The van der Waals surface area contributed by atoms with Gasteiger partial charge in [-0.1, -0.05) is 69.9 Å². The van der Waals surface area contributed by atoms with Gasteiger partial charge in [0.25, 0.3) is 0 Å². The van der Waals surface area contributed by atoms with Gasteiger partial charge in [0.2, 0.25) is 11.8 Å². The van der Waals surface area contributed by atoms with Crippen molar-refractivity contribution in [3.63, 3.8) is 0 Å². The Hall–Kier alpha value is -5.95. The Morgan fingerprint density at radius 1 is 0.855 bits per heavy atom. The first-order valence-electron chi connectivity index (χ1n) is 20.9. The van der Waals surface area contributed by atoms with Crippen LogP contribution in [0.2, 0.25) is 0 Å². The van der Waals surface area contributed by atoms with Crippen molar-refractivity contribution >= 4 is 35.3 Å². The highest BCUT2D eigenvalue weighted by atomic mass is 19.4. The van der Waals surface area contributed by atoms with E-state index in [2.05, 4.69) is 27.1 Å². The summed E-state index contributed by atoms with van der Waals surface area (Å²) in [5.74, 6) is 5.09. The molecule has 3 amide bonds. The van der Waals surface area contributed by atoms with E-state index in [1.807, 2.05) is 82.3 Å². The molecule has 0 saturated carbocycles. The van der Waals surface area contributed by atoms with Gasteiger partial charge in [-0.2, -0.15) is 13.2 Å². The van der Waals surface area contributed by atoms with Gasteiger partial charge in [0.05, 0.1) is 62.8 Å². The number of alkyl carbamates (subject to hydrolysis) is 1. The number of nitrogens with zero attached hydrogens (tertiary/aromatic N) is 5. The first kappa shape index (κ1) is 45.6. The van der Waals surface area contributed by atoms with Gasteiger partial charge in [-0.25, -0.2) is 9.78 Å². The Morgan fingerprint density at radius 2 is 1.50 bits per heavy atom. The van der Waals surface area contributed by atoms with Crippen molar-refractivity contribution < 1.29 is 41.8 Å². The molecule has 62 heavy (non-hydrogen) atoms. The van der Waals surface area contributed by atoms with Crippen molar-refractivity contribution in [1.82, 2.24) is 30.0 Å². The fourth-order valence-corrected chi connectivity index (χ4v) is 8.16. The molecule has 2 aromatic carbocycles. The third-order valence-corrected chi connectivity index (χ3v) is 11.6. The molecule has 0 aliphatic carbocycles. The number of ether oxygens (including phenoxy) is 2. The lowest BCUT2D eigenvalue weighted by atomic mass is 9.89. The van der Waals surface area contributed by atoms with Gasteiger partial charge in [0.15, 0.2) is 0 Å². The van der Waals surface area contributed by atoms with E-state index >= 15 is 0 Å². The number of nitrogens with one attached hydrogen (secondary N) is 2. The Balaban J connectivity index is 1.11. The molecule has 3 aliphatic heterocycles. The number of H-pyrrole nitrogens is 1. The topological polar surface area (TPSA) is 150 Å². The minimum Gasteiger partial charge on any atom is -0.469 e. The lowest BCUT2D eigenvalue weighted by Crippen LogP contribution is -2.60. The predicted octanol–water partition coefficient (Wildman–Crippen LogP) is 6.62. The van der Waals surface area contributed by atoms with Crippen LogP contribution in [0.15, 0.2) is 65.8 Å². The average Bonchev–Trinajstić information content (AvgIpc) is 4.05. The maximum absolute atomic E-state index is 13.9. The lowest BCUT2D eigenvalue weighted by molar-refractivity contribution is -0.157. The fraction of sp³-hybridized carbons (Fsp3) is 0.478. The number of rotatable bonds is 12. The van der Waals surface area contributed by atoms with Crippen LogP contribution in [0.4, 0.5) is 18.0 Å². The molecule has 2 saturated heterocycles. The van der Waals surface area contributed by atoms with Gasteiger partial charge in [0, 0.05) is 49.4 Å². The number of esters is 1. The van der Waals surface area contributed by atoms with E-state index in [9.17, 15) is 32.3 Å². The van der Waals surface area contributed by atoms with Crippen LogP contribution in [-0.2, 0) is 23.9 Å². The van der Waals surface area contributed by atoms with Crippen molar-refractivity contribution in [3.8, 4) is 23.1 Å². The van der Waals surface area contributed by atoms with Gasteiger partial charge in [-0.3, -0.25) is 24.3 Å². The van der Waals surface area contributed by atoms with Crippen LogP contribution in [-0.4, -0.2) is 119 Å². The maximum Gasteiger partial charge on any atom is 0.407 e. The number of amides is 3. The minimum absolute atomic E-state index is 0.0219. The van der Waals surface area contributed by atoms with Crippen LogP contribution in [0.5, 0.6) is 0 Å². The lowest BCUT2D eigenvalue weighted by Gasteiger charge is -2.43. The van der Waals surface area contributed by atoms with Gasteiger partial charge in [-0.05, 0) is 60.1 Å². The second kappa shape index (κ2) is 19.8. The number of aromatic nitrogens is 2. The number of carbonyl (C=O) groups excluding carboxylic acids is 4. The van der Waals surface area contributed by atoms with Crippen molar-refractivity contribution in [2.24, 2.45) is 22.7 Å². The number of piperazine rings is 1. The average molecular weight is 858 g/mol. The minimum atomic E-state index is -4.39. The molecule has 16 heteroatoms. The SMILES string of the molecule is COC(=O)C[C@H](C(=O)N1CCN(CC(F)(F)F)C[C@H]1C1=NC(c2ccc(C#Cc3ccc(-c4cnc([C@@H]5CCCN5C(=O)[C@@H](NC(=O)OC)C(C)C)[nH]4)cc3)cc2)=CC1)C(C)C. The molecule has 2 fully saturated rings. The van der Waals surface area contributed by atoms with Crippen molar-refractivity contribution in [1.29, 1.82) is 0 Å². The third kappa shape index (κ3) is 11.1. The van der Waals surface area contributed by atoms with E-state index in [1.54, 1.807) is 16.0 Å². The second-order valence-corrected chi connectivity index (χ2v) is 16.6. The molecule has 0 unspecified atom stereocenters. The van der Waals surface area contributed by atoms with Crippen molar-refractivity contribution in [3.05, 3.63) is 83.3 Å². The van der Waals surface area contributed by atoms with Crippen LogP contribution in [0.3, 0.4) is 0 Å². The fourth-order valence-electron chi connectivity index (χ4n) is 8.16. The summed E-state index contributed by atoms with van der Waals surface area (Å²) in [6.07, 6.45) is 0.447. The second-order valence-electron chi connectivity index (χ2n) is 16.6. The number of likely N-dealkylation sites (tertiary alicyclic amines) is 1. The molecule has 4 atom stereocenters. The number of hydrogen-bond donors (Lipinski definition) is 2. The first-order valence-corrected chi connectivity index (χ1v) is 20.9. The van der Waals surface area contributed by atoms with Crippen LogP contribution in [0, 0.1) is 29.6 Å². The van der Waals surface area contributed by atoms with Gasteiger partial charge in [0.1, 0.15) is 11.9 Å². The molecule has 3 aromatic rings. The number of carbonyl (C=O) groups is 4. The van der Waals surface area contributed by atoms with E-state index in [4.69, 9.17) is 14.5 Å². The number of benzene rings is 2. The van der Waals surface area contributed by atoms with Gasteiger partial charge in [-0.15, -0.1) is 0 Å². The molecule has 0 bridgehead atoms. The van der Waals surface area contributed by atoms with Crippen molar-refractivity contribution in [2.45, 2.75) is 77.7 Å². The number of halogens is 3. The number of methoxy groups -OCH3 is 2. The van der Waals surface area contributed by atoms with E-state index in [1.165, 1.54) is 19.1 Å². The zero-order valence-electron chi connectivity index (χ0n) is 35.9. The number of hydrogen-bond acceptors (Lipinski definition) is 9. The Kier molecular flexibility index (Phi) is 14.6. The third-order valence-electron chi connectivity index (χ3n) is 11.6. The molecule has 330 valence electrons. The molecule has 2 N–H and O–H groups in total. The highest BCUT2D eigenvalue weighted by Crippen LogP contribution is 2.33. The smallest absolute Gasteiger partial charge is 0.407 e. The quantitative estimate of drug-likeness (QED) is 0.153. The number of allylic oxidation sites excluding steroid dienone is 1. The number of aromatic amines is 1. The van der Waals surface area contributed by atoms with E-state index < -0.39 is 42.8 Å². The summed E-state index contributed by atoms with van der Waals surface area (Å²) in [7, 11) is 2.53. The molecule has 6 rings (SSSR count). The molecule has 0 spiro atoms. The summed E-state index contributed by atoms with van der Waals surface area (Å²) in [6, 6.07) is 13.6. The Labute approximate surface area is 360 Å². The monoisotopic (exact) mass is 857 g/mol. The van der Waals surface area contributed by atoms with E-state index in [-0.39, 0.29) is 55.7 Å². The number of imidazole rings is 1. The highest BCUT2D eigenvalue weighted by Gasteiger charge is 2.42. The molecule has 13 nitrogen and oxygen atoms in total. The molecular formula is C46H54F3N7O6. The zero-order chi connectivity index (χ0) is 44.7. The summed E-state index contributed by atoms with van der Waals surface area (Å²) in [5.41, 5.74) is 5.34. The Morgan fingerprint density at radius 3 is 2.10 bits per heavy atom. The summed E-state index contributed by atoms with van der Waals surface area (Å²) in [5, 5.41) is 2.67. The first-order chi connectivity index (χ1) is 29.5. The highest BCUT2D eigenvalue weighted by molar-refractivity contribution is 6.01. The summed E-state index contributed by atoms with van der Waals surface area (Å²) < 4.78 is 49.9. The van der Waals surface area contributed by atoms with Crippen LogP contribution in [0.1, 0.15) is 81.9 Å². The standard InChI is InChI=1S/C46H54F3N7O6/c1-28(2)34(24-40(57)61-5)43(58)56-23-22-54(27-46(47,48)49)26-39(56)36-20-19-35(51-36)32-15-11-30(12-16-32)9-10-31-13-17-33(18-14-31)37-25-50-42(52-37)38-8-7-21-55(38)44(59)41(29(3)4)53-45(60)62-6/h11-19,25,28-29,34,38-39,41H,7-8,20-24,26-27H2,1-6H3,(H,50,52)(H,53,60)/t34-,38-,39-,41-/m0/s1. The summed E-state index contributed by atoms with van der Waals surface area (Å²) in [4.78, 5) is 69.1. The van der Waals surface area contributed by atoms with E-state index in [0.29, 0.717) is 30.2 Å². The van der Waals surface area contributed by atoms with E-state index in [0.717, 1.165) is 40.8 Å². The molecule has 0 radical (unpaired) electrons. The molecule has 3 aliphatic rings. The zero-order valence-corrected chi connectivity index (χ0v) is 35.9. The predicted molar refractivity (Wildman–Crippen MR) is 227 cm³/mol. The van der Waals surface area contributed by atoms with Crippen LogP contribution in [0.25, 0.3) is 17.0 Å².